The zero-order valence-corrected chi connectivity index (χ0v) is 10.9. The maximum absolute atomic E-state index is 11.7. The predicted octanol–water partition coefficient (Wildman–Crippen LogP) is 1.66. The summed E-state index contributed by atoms with van der Waals surface area (Å²) in [4.78, 5) is 22.8. The van der Waals surface area contributed by atoms with E-state index >= 15 is 0 Å². The van der Waals surface area contributed by atoms with Gasteiger partial charge in [0.1, 0.15) is 5.75 Å². The van der Waals surface area contributed by atoms with E-state index in [1.807, 2.05) is 0 Å². The first kappa shape index (κ1) is 13.7. The molecule has 6 nitrogen and oxygen atoms in total. The SMILES string of the molecule is CNC(=O)COc1ccc(NC(=O)c2ccco2)cc1. The first-order valence-electron chi connectivity index (χ1n) is 5.97. The lowest BCUT2D eigenvalue weighted by Crippen LogP contribution is -2.24. The number of likely N-dealkylation sites (N-methyl/N-ethyl adjacent to an activating group) is 1. The Kier molecular flexibility index (Phi) is 4.39. The van der Waals surface area contributed by atoms with E-state index in [4.69, 9.17) is 9.15 Å². The summed E-state index contributed by atoms with van der Waals surface area (Å²) >= 11 is 0. The number of carbonyl (C=O) groups is 2. The van der Waals surface area contributed by atoms with Crippen molar-refractivity contribution in [3.05, 3.63) is 48.4 Å². The van der Waals surface area contributed by atoms with Crippen molar-refractivity contribution in [3.8, 4) is 5.75 Å². The highest BCUT2D eigenvalue weighted by Gasteiger charge is 2.08. The maximum atomic E-state index is 11.7. The molecule has 0 atom stereocenters. The smallest absolute Gasteiger partial charge is 0.291 e. The van der Waals surface area contributed by atoms with Gasteiger partial charge >= 0.3 is 0 Å². The van der Waals surface area contributed by atoms with E-state index in [0.29, 0.717) is 11.4 Å². The van der Waals surface area contributed by atoms with Crippen LogP contribution >= 0.6 is 0 Å². The van der Waals surface area contributed by atoms with Crippen molar-refractivity contribution in [1.82, 2.24) is 5.32 Å². The van der Waals surface area contributed by atoms with Gasteiger partial charge in [0.25, 0.3) is 11.8 Å². The summed E-state index contributed by atoms with van der Waals surface area (Å²) in [5.74, 6) is 0.253. The number of carbonyl (C=O) groups excluding carboxylic acids is 2. The van der Waals surface area contributed by atoms with E-state index in [0.717, 1.165) is 0 Å². The molecule has 2 rings (SSSR count). The fourth-order valence-electron chi connectivity index (χ4n) is 1.46. The zero-order valence-electron chi connectivity index (χ0n) is 10.9. The van der Waals surface area contributed by atoms with Crippen LogP contribution in [0, 0.1) is 0 Å². The van der Waals surface area contributed by atoms with Crippen LogP contribution in [0.3, 0.4) is 0 Å². The Morgan fingerprint density at radius 1 is 1.20 bits per heavy atom. The molecule has 0 aliphatic rings. The monoisotopic (exact) mass is 274 g/mol. The van der Waals surface area contributed by atoms with Gasteiger partial charge < -0.3 is 19.8 Å². The van der Waals surface area contributed by atoms with Crippen molar-refractivity contribution >= 4 is 17.5 Å². The van der Waals surface area contributed by atoms with Crippen LogP contribution in [-0.2, 0) is 4.79 Å². The molecule has 2 amide bonds. The number of nitrogens with one attached hydrogen (secondary N) is 2. The third-order valence-corrected chi connectivity index (χ3v) is 2.51. The van der Waals surface area contributed by atoms with Crippen molar-refractivity contribution in [3.63, 3.8) is 0 Å². The van der Waals surface area contributed by atoms with Gasteiger partial charge in [-0.1, -0.05) is 0 Å². The topological polar surface area (TPSA) is 80.6 Å². The number of amides is 2. The van der Waals surface area contributed by atoms with Crippen LogP contribution in [0.1, 0.15) is 10.6 Å². The second kappa shape index (κ2) is 6.42. The van der Waals surface area contributed by atoms with E-state index < -0.39 is 0 Å². The summed E-state index contributed by atoms with van der Waals surface area (Å²) in [7, 11) is 1.54. The molecule has 104 valence electrons. The van der Waals surface area contributed by atoms with E-state index in [1.165, 1.54) is 6.26 Å². The number of hydrogen-bond donors (Lipinski definition) is 2. The fourth-order valence-corrected chi connectivity index (χ4v) is 1.46. The van der Waals surface area contributed by atoms with Crippen LogP contribution in [0.5, 0.6) is 5.75 Å². The van der Waals surface area contributed by atoms with E-state index in [-0.39, 0.29) is 24.2 Å². The third-order valence-electron chi connectivity index (χ3n) is 2.51. The number of hydrogen-bond acceptors (Lipinski definition) is 4. The minimum absolute atomic E-state index is 0.0470. The summed E-state index contributed by atoms with van der Waals surface area (Å²) in [6.07, 6.45) is 1.44. The molecule has 2 aromatic rings. The van der Waals surface area contributed by atoms with Gasteiger partial charge in [-0.3, -0.25) is 9.59 Å². The normalized spacial score (nSPS) is 9.85. The molecule has 0 radical (unpaired) electrons. The van der Waals surface area contributed by atoms with Gasteiger partial charge in [0.2, 0.25) is 0 Å². The van der Waals surface area contributed by atoms with E-state index in [1.54, 1.807) is 43.4 Å². The Balaban J connectivity index is 1.91. The molecule has 1 heterocycles. The van der Waals surface area contributed by atoms with E-state index in [9.17, 15) is 9.59 Å². The average Bonchev–Trinajstić information content (AvgIpc) is 3.00. The Bertz CT molecular complexity index is 576. The first-order chi connectivity index (χ1) is 9.69. The highest BCUT2D eigenvalue weighted by Crippen LogP contribution is 2.16. The summed E-state index contributed by atoms with van der Waals surface area (Å²) in [6.45, 7) is -0.0470. The minimum atomic E-state index is -0.325. The van der Waals surface area contributed by atoms with Gasteiger partial charge in [-0.15, -0.1) is 0 Å². The standard InChI is InChI=1S/C14H14N2O4/c1-15-13(17)9-20-11-6-4-10(5-7-11)16-14(18)12-3-2-8-19-12/h2-8H,9H2,1H3,(H,15,17)(H,16,18). The summed E-state index contributed by atoms with van der Waals surface area (Å²) in [5, 5.41) is 5.14. The lowest BCUT2D eigenvalue weighted by molar-refractivity contribution is -0.122. The second-order valence-electron chi connectivity index (χ2n) is 3.92. The zero-order chi connectivity index (χ0) is 14.4. The second-order valence-corrected chi connectivity index (χ2v) is 3.92. The first-order valence-corrected chi connectivity index (χ1v) is 5.97. The van der Waals surface area contributed by atoms with Crippen LogP contribution in [0.15, 0.2) is 47.1 Å². The third kappa shape index (κ3) is 3.61. The Morgan fingerprint density at radius 2 is 1.95 bits per heavy atom. The maximum Gasteiger partial charge on any atom is 0.291 e. The lowest BCUT2D eigenvalue weighted by atomic mass is 10.3. The van der Waals surface area contributed by atoms with E-state index in [2.05, 4.69) is 10.6 Å². The average molecular weight is 274 g/mol. The largest absolute Gasteiger partial charge is 0.484 e. The van der Waals surface area contributed by atoms with Crippen molar-refractivity contribution in [2.75, 3.05) is 19.0 Å². The molecule has 0 fully saturated rings. The Labute approximate surface area is 115 Å². The molecular weight excluding hydrogens is 260 g/mol. The van der Waals surface area contributed by atoms with Crippen molar-refractivity contribution in [1.29, 1.82) is 0 Å². The quantitative estimate of drug-likeness (QED) is 0.868. The van der Waals surface area contributed by atoms with Crippen molar-refractivity contribution < 1.29 is 18.7 Å². The molecule has 20 heavy (non-hydrogen) atoms. The minimum Gasteiger partial charge on any atom is -0.484 e. The van der Waals surface area contributed by atoms with Crippen LogP contribution in [0.25, 0.3) is 0 Å². The molecule has 1 aromatic heterocycles. The lowest BCUT2D eigenvalue weighted by Gasteiger charge is -2.07. The molecular formula is C14H14N2O4. The molecule has 0 saturated carbocycles. The molecule has 0 saturated heterocycles. The molecule has 0 aliphatic heterocycles. The summed E-state index contributed by atoms with van der Waals surface area (Å²) in [6, 6.07) is 9.92. The van der Waals surface area contributed by atoms with Crippen LogP contribution in [0.2, 0.25) is 0 Å². The fraction of sp³-hybridized carbons (Fsp3) is 0.143. The van der Waals surface area contributed by atoms with Gasteiger partial charge in [-0.25, -0.2) is 0 Å². The van der Waals surface area contributed by atoms with Crippen LogP contribution in [-0.4, -0.2) is 25.5 Å². The van der Waals surface area contributed by atoms with Gasteiger partial charge in [-0.05, 0) is 36.4 Å². The van der Waals surface area contributed by atoms with Crippen molar-refractivity contribution in [2.24, 2.45) is 0 Å². The van der Waals surface area contributed by atoms with Crippen LogP contribution < -0.4 is 15.4 Å². The van der Waals surface area contributed by atoms with Crippen molar-refractivity contribution in [2.45, 2.75) is 0 Å². The predicted molar refractivity (Wildman–Crippen MR) is 72.7 cm³/mol. The summed E-state index contributed by atoms with van der Waals surface area (Å²) < 4.78 is 10.2. The number of furan rings is 1. The molecule has 0 spiro atoms. The number of ether oxygens (including phenoxy) is 1. The highest BCUT2D eigenvalue weighted by molar-refractivity contribution is 6.02. The highest BCUT2D eigenvalue weighted by atomic mass is 16.5. The van der Waals surface area contributed by atoms with Gasteiger partial charge in [0, 0.05) is 12.7 Å². The molecule has 6 heteroatoms. The van der Waals surface area contributed by atoms with Gasteiger partial charge in [0.15, 0.2) is 12.4 Å². The number of anilines is 1. The molecule has 2 N–H and O–H groups in total. The molecule has 0 bridgehead atoms. The summed E-state index contributed by atoms with van der Waals surface area (Å²) in [5.41, 5.74) is 0.610. The number of benzene rings is 1. The molecule has 0 aliphatic carbocycles. The van der Waals surface area contributed by atoms with Gasteiger partial charge in [-0.2, -0.15) is 0 Å². The van der Waals surface area contributed by atoms with Crippen LogP contribution in [0.4, 0.5) is 5.69 Å². The van der Waals surface area contributed by atoms with Gasteiger partial charge in [0.05, 0.1) is 6.26 Å². The number of rotatable bonds is 5. The molecule has 0 unspecified atom stereocenters. The molecule has 1 aromatic carbocycles. The Hall–Kier alpha value is -2.76. The Morgan fingerprint density at radius 3 is 2.55 bits per heavy atom.